The van der Waals surface area contributed by atoms with Crippen molar-refractivity contribution in [3.63, 3.8) is 0 Å². The smallest absolute Gasteiger partial charge is 0.137 e. The monoisotopic (exact) mass is 434 g/mol. The van der Waals surface area contributed by atoms with Gasteiger partial charge in [0.2, 0.25) is 0 Å². The number of benzene rings is 2. The molecule has 0 aliphatic heterocycles. The third-order valence-electron chi connectivity index (χ3n) is 2.99. The van der Waals surface area contributed by atoms with Crippen molar-refractivity contribution < 1.29 is 9.50 Å². The lowest BCUT2D eigenvalue weighted by Crippen LogP contribution is -2.05. The second kappa shape index (κ2) is 6.33. The lowest BCUT2D eigenvalue weighted by molar-refractivity contribution is 0.177. The van der Waals surface area contributed by atoms with Crippen LogP contribution >= 0.6 is 38.5 Å². The summed E-state index contributed by atoms with van der Waals surface area (Å²) < 4.78 is 14.7. The Morgan fingerprint density at radius 1 is 1.32 bits per heavy atom. The van der Waals surface area contributed by atoms with Gasteiger partial charge >= 0.3 is 0 Å². The Labute approximate surface area is 134 Å². The molecule has 1 atom stereocenters. The lowest BCUT2D eigenvalue weighted by atomic mass is 10.00. The maximum Gasteiger partial charge on any atom is 0.137 e. The van der Waals surface area contributed by atoms with Gasteiger partial charge in [-0.1, -0.05) is 24.3 Å². The highest BCUT2D eigenvalue weighted by molar-refractivity contribution is 14.1. The first-order valence-corrected chi connectivity index (χ1v) is 7.73. The number of aryl methyl sites for hydroxylation is 1. The molecule has 0 saturated carbocycles. The van der Waals surface area contributed by atoms with Crippen molar-refractivity contribution in [3.8, 4) is 0 Å². The van der Waals surface area contributed by atoms with Gasteiger partial charge in [-0.2, -0.15) is 0 Å². The Bertz CT molecular complexity index is 601. The summed E-state index contributed by atoms with van der Waals surface area (Å²) >= 11 is 5.41. The predicted octanol–water partition coefficient (Wildman–Crippen LogP) is 4.78. The van der Waals surface area contributed by atoms with Crippen LogP contribution in [0.1, 0.15) is 22.8 Å². The van der Waals surface area contributed by atoms with Crippen molar-refractivity contribution in [1.29, 1.82) is 0 Å². The molecule has 4 heteroatoms. The molecule has 1 nitrogen and oxygen atoms in total. The van der Waals surface area contributed by atoms with Crippen LogP contribution in [-0.4, -0.2) is 5.11 Å². The van der Waals surface area contributed by atoms with Gasteiger partial charge in [0.25, 0.3) is 0 Å². The fourth-order valence-corrected chi connectivity index (χ4v) is 3.07. The molecule has 1 N–H and O–H groups in total. The summed E-state index contributed by atoms with van der Waals surface area (Å²) in [5.74, 6) is -0.289. The van der Waals surface area contributed by atoms with Crippen molar-refractivity contribution >= 4 is 38.5 Å². The van der Waals surface area contributed by atoms with E-state index in [1.165, 1.54) is 6.07 Å². The molecule has 0 spiro atoms. The Morgan fingerprint density at radius 3 is 2.74 bits per heavy atom. The standard InChI is InChI=1S/C15H13BrFIO/c1-9-3-2-4-11(15(9)18)14(19)8-10-5-6-13(17)12(16)7-10/h2-7,14,19H,8H2,1H3. The third-order valence-corrected chi connectivity index (χ3v) is 5.08. The molecule has 0 bridgehead atoms. The van der Waals surface area contributed by atoms with E-state index in [2.05, 4.69) is 38.5 Å². The SMILES string of the molecule is Cc1cccc(C(O)Cc2ccc(F)c(Br)c2)c1I. The minimum absolute atomic E-state index is 0.289. The van der Waals surface area contributed by atoms with Gasteiger partial charge in [-0.15, -0.1) is 0 Å². The van der Waals surface area contributed by atoms with Gasteiger partial charge < -0.3 is 5.11 Å². The minimum Gasteiger partial charge on any atom is -0.388 e. The second-order valence-corrected chi connectivity index (χ2v) is 6.38. The fraction of sp³-hybridized carbons (Fsp3) is 0.200. The van der Waals surface area contributed by atoms with Crippen LogP contribution in [0.15, 0.2) is 40.9 Å². The third kappa shape index (κ3) is 3.55. The largest absolute Gasteiger partial charge is 0.388 e. The number of hydrogen-bond donors (Lipinski definition) is 1. The second-order valence-electron chi connectivity index (χ2n) is 4.45. The molecular weight excluding hydrogens is 422 g/mol. The zero-order valence-corrected chi connectivity index (χ0v) is 14.1. The molecule has 0 aromatic heterocycles. The molecule has 2 aromatic carbocycles. The van der Waals surface area contributed by atoms with Gasteiger partial charge in [0.05, 0.1) is 10.6 Å². The van der Waals surface area contributed by atoms with E-state index in [1.54, 1.807) is 12.1 Å². The molecule has 0 fully saturated rings. The number of aliphatic hydroxyl groups is 1. The number of hydrogen-bond acceptors (Lipinski definition) is 1. The van der Waals surface area contributed by atoms with E-state index in [0.29, 0.717) is 10.9 Å². The van der Waals surface area contributed by atoms with Gasteiger partial charge in [0.15, 0.2) is 0 Å². The van der Waals surface area contributed by atoms with Crippen LogP contribution in [0.2, 0.25) is 0 Å². The van der Waals surface area contributed by atoms with Crippen molar-refractivity contribution in [2.24, 2.45) is 0 Å². The Balaban J connectivity index is 2.23. The Hall–Kier alpha value is -0.460. The molecule has 2 aromatic rings. The summed E-state index contributed by atoms with van der Waals surface area (Å²) in [6, 6.07) is 10.7. The summed E-state index contributed by atoms with van der Waals surface area (Å²) in [4.78, 5) is 0. The summed E-state index contributed by atoms with van der Waals surface area (Å²) in [5, 5.41) is 10.3. The van der Waals surface area contributed by atoms with E-state index in [4.69, 9.17) is 0 Å². The van der Waals surface area contributed by atoms with Crippen LogP contribution < -0.4 is 0 Å². The first-order valence-electron chi connectivity index (χ1n) is 5.86. The average molecular weight is 435 g/mol. The fourth-order valence-electron chi connectivity index (χ4n) is 1.93. The summed E-state index contributed by atoms with van der Waals surface area (Å²) in [5.41, 5.74) is 2.97. The first kappa shape index (κ1) is 14.9. The highest BCUT2D eigenvalue weighted by atomic mass is 127. The zero-order chi connectivity index (χ0) is 14.0. The van der Waals surface area contributed by atoms with Crippen LogP contribution in [0.3, 0.4) is 0 Å². The zero-order valence-electron chi connectivity index (χ0n) is 10.3. The lowest BCUT2D eigenvalue weighted by Gasteiger charge is -2.14. The normalized spacial score (nSPS) is 12.5. The van der Waals surface area contributed by atoms with E-state index in [0.717, 1.165) is 20.3 Å². The van der Waals surface area contributed by atoms with Gasteiger partial charge in [-0.05, 0) is 74.3 Å². The maximum atomic E-state index is 13.2. The molecule has 19 heavy (non-hydrogen) atoms. The van der Waals surface area contributed by atoms with Gasteiger partial charge in [0.1, 0.15) is 5.82 Å². The van der Waals surface area contributed by atoms with E-state index in [9.17, 15) is 9.50 Å². The highest BCUT2D eigenvalue weighted by Gasteiger charge is 2.13. The molecule has 2 rings (SSSR count). The van der Waals surface area contributed by atoms with Crippen molar-refractivity contribution in [2.75, 3.05) is 0 Å². The Morgan fingerprint density at radius 2 is 2.05 bits per heavy atom. The molecule has 0 aliphatic carbocycles. The Kier molecular flexibility index (Phi) is 4.97. The minimum atomic E-state index is -0.579. The van der Waals surface area contributed by atoms with E-state index >= 15 is 0 Å². The van der Waals surface area contributed by atoms with Crippen LogP contribution in [0.5, 0.6) is 0 Å². The van der Waals surface area contributed by atoms with Gasteiger partial charge in [-0.3, -0.25) is 0 Å². The molecule has 0 amide bonds. The quantitative estimate of drug-likeness (QED) is 0.689. The predicted molar refractivity (Wildman–Crippen MR) is 86.7 cm³/mol. The van der Waals surface area contributed by atoms with Crippen molar-refractivity contribution in [1.82, 2.24) is 0 Å². The van der Waals surface area contributed by atoms with Crippen LogP contribution in [-0.2, 0) is 6.42 Å². The molecular formula is C15H13BrFIO. The topological polar surface area (TPSA) is 20.2 Å². The van der Waals surface area contributed by atoms with Crippen LogP contribution in [0.25, 0.3) is 0 Å². The van der Waals surface area contributed by atoms with Crippen molar-refractivity contribution in [2.45, 2.75) is 19.4 Å². The average Bonchev–Trinajstić information content (AvgIpc) is 2.37. The van der Waals surface area contributed by atoms with Gasteiger partial charge in [0, 0.05) is 9.99 Å². The maximum absolute atomic E-state index is 13.2. The van der Waals surface area contributed by atoms with Crippen LogP contribution in [0.4, 0.5) is 4.39 Å². The molecule has 0 saturated heterocycles. The van der Waals surface area contributed by atoms with E-state index in [-0.39, 0.29) is 5.82 Å². The summed E-state index contributed by atoms with van der Waals surface area (Å²) in [6.45, 7) is 2.02. The highest BCUT2D eigenvalue weighted by Crippen LogP contribution is 2.27. The molecule has 0 heterocycles. The molecule has 1 unspecified atom stereocenters. The molecule has 100 valence electrons. The molecule has 0 radical (unpaired) electrons. The molecule has 0 aliphatic rings. The van der Waals surface area contributed by atoms with Crippen molar-refractivity contribution in [3.05, 3.63) is 66.9 Å². The number of aliphatic hydroxyl groups excluding tert-OH is 1. The number of halogens is 3. The number of rotatable bonds is 3. The summed E-state index contributed by atoms with van der Waals surface area (Å²) in [7, 11) is 0. The van der Waals surface area contributed by atoms with E-state index < -0.39 is 6.10 Å². The first-order chi connectivity index (χ1) is 8.99. The van der Waals surface area contributed by atoms with Gasteiger partial charge in [-0.25, -0.2) is 4.39 Å². The van der Waals surface area contributed by atoms with E-state index in [1.807, 2.05) is 25.1 Å². The van der Waals surface area contributed by atoms with Crippen LogP contribution in [0, 0.1) is 16.3 Å². The summed E-state index contributed by atoms with van der Waals surface area (Å²) in [6.07, 6.45) is -0.109.